The van der Waals surface area contributed by atoms with Gasteiger partial charge in [0.1, 0.15) is 0 Å². The van der Waals surface area contributed by atoms with Gasteiger partial charge in [-0.15, -0.1) is 0 Å². The standard InChI is InChI=1S/C16H10BO8/c18-13(19)9-3-1-7(5-11(9)15(22)23)17-8-2-4-10(14(20)21)12(6-8)16(24)25/h1-6H,(H,18,19)(H,20,21)(H,22,23)(H,24,25). The Morgan fingerprint density at radius 3 is 1.16 bits per heavy atom. The van der Waals surface area contributed by atoms with Gasteiger partial charge in [0, 0.05) is 0 Å². The molecule has 25 heavy (non-hydrogen) atoms. The molecule has 4 N–H and O–H groups in total. The smallest absolute Gasteiger partial charge is 0.336 e. The molecule has 0 spiro atoms. The number of carboxylic acid groups (broad SMARTS) is 4. The third-order valence-corrected chi connectivity index (χ3v) is 3.34. The van der Waals surface area contributed by atoms with Crippen molar-refractivity contribution in [2.75, 3.05) is 0 Å². The van der Waals surface area contributed by atoms with E-state index in [-0.39, 0.29) is 11.1 Å². The second kappa shape index (κ2) is 6.87. The van der Waals surface area contributed by atoms with Crippen LogP contribution in [0.3, 0.4) is 0 Å². The molecule has 0 heterocycles. The highest BCUT2D eigenvalue weighted by atomic mass is 16.4. The second-order valence-corrected chi connectivity index (χ2v) is 4.97. The van der Waals surface area contributed by atoms with Crippen LogP contribution in [0.1, 0.15) is 41.4 Å². The number of carbonyl (C=O) groups is 4. The highest BCUT2D eigenvalue weighted by Crippen LogP contribution is 2.09. The van der Waals surface area contributed by atoms with Crippen LogP contribution >= 0.6 is 0 Å². The Morgan fingerprint density at radius 2 is 0.880 bits per heavy atom. The van der Waals surface area contributed by atoms with Crippen LogP contribution in [0.5, 0.6) is 0 Å². The summed E-state index contributed by atoms with van der Waals surface area (Å²) in [5, 5.41) is 36.2. The van der Waals surface area contributed by atoms with E-state index >= 15 is 0 Å². The molecule has 0 amide bonds. The lowest BCUT2D eigenvalue weighted by molar-refractivity contribution is 0.0651. The van der Waals surface area contributed by atoms with E-state index < -0.39 is 35.0 Å². The molecule has 0 bridgehead atoms. The van der Waals surface area contributed by atoms with E-state index in [4.69, 9.17) is 20.4 Å². The topological polar surface area (TPSA) is 149 Å². The molecule has 0 atom stereocenters. The van der Waals surface area contributed by atoms with E-state index in [1.807, 2.05) is 0 Å². The molecule has 0 fully saturated rings. The van der Waals surface area contributed by atoms with Gasteiger partial charge in [0.15, 0.2) is 7.28 Å². The Morgan fingerprint density at radius 1 is 0.560 bits per heavy atom. The van der Waals surface area contributed by atoms with Crippen LogP contribution in [0.15, 0.2) is 36.4 Å². The molecule has 125 valence electrons. The quantitative estimate of drug-likeness (QED) is 0.542. The maximum atomic E-state index is 11.2. The lowest BCUT2D eigenvalue weighted by atomic mass is 9.63. The Hall–Kier alpha value is -3.62. The summed E-state index contributed by atoms with van der Waals surface area (Å²) in [6.07, 6.45) is 0. The number of hydrogen-bond donors (Lipinski definition) is 4. The average molecular weight is 341 g/mol. The molecule has 2 aromatic carbocycles. The molecule has 0 saturated heterocycles. The van der Waals surface area contributed by atoms with E-state index in [0.29, 0.717) is 10.9 Å². The minimum atomic E-state index is -1.42. The highest BCUT2D eigenvalue weighted by Gasteiger charge is 2.19. The van der Waals surface area contributed by atoms with Gasteiger partial charge in [0.25, 0.3) is 0 Å². The minimum Gasteiger partial charge on any atom is -0.478 e. The molecule has 9 heteroatoms. The maximum absolute atomic E-state index is 11.2. The Balaban J connectivity index is 2.43. The Labute approximate surface area is 141 Å². The van der Waals surface area contributed by atoms with Crippen molar-refractivity contribution in [3.8, 4) is 0 Å². The first-order valence-corrected chi connectivity index (χ1v) is 6.76. The molecule has 0 aliphatic carbocycles. The van der Waals surface area contributed by atoms with Crippen molar-refractivity contribution in [2.24, 2.45) is 0 Å². The third kappa shape index (κ3) is 3.84. The summed E-state index contributed by atoms with van der Waals surface area (Å²) in [5.74, 6) is -5.61. The fourth-order valence-electron chi connectivity index (χ4n) is 2.22. The zero-order valence-electron chi connectivity index (χ0n) is 12.5. The third-order valence-electron chi connectivity index (χ3n) is 3.34. The summed E-state index contributed by atoms with van der Waals surface area (Å²) in [6.45, 7) is 0. The normalized spacial score (nSPS) is 10.1. The zero-order chi connectivity index (χ0) is 18.7. The van der Waals surface area contributed by atoms with Gasteiger partial charge < -0.3 is 20.4 Å². The van der Waals surface area contributed by atoms with Gasteiger partial charge in [0.05, 0.1) is 22.3 Å². The summed E-state index contributed by atoms with van der Waals surface area (Å²) in [4.78, 5) is 44.4. The van der Waals surface area contributed by atoms with Crippen molar-refractivity contribution in [3.05, 3.63) is 58.7 Å². The summed E-state index contributed by atoms with van der Waals surface area (Å²) >= 11 is 0. The molecule has 0 aliphatic rings. The fourth-order valence-corrected chi connectivity index (χ4v) is 2.22. The maximum Gasteiger partial charge on any atom is 0.336 e. The minimum absolute atomic E-state index is 0.321. The summed E-state index contributed by atoms with van der Waals surface area (Å²) in [5.41, 5.74) is -0.943. The molecular formula is C16H10BO8. The molecule has 1 radical (unpaired) electrons. The van der Waals surface area contributed by atoms with Crippen LogP contribution in [0.4, 0.5) is 0 Å². The van der Waals surface area contributed by atoms with Gasteiger partial charge in [-0.3, -0.25) is 0 Å². The van der Waals surface area contributed by atoms with Crippen LogP contribution in [0.25, 0.3) is 0 Å². The van der Waals surface area contributed by atoms with Crippen LogP contribution < -0.4 is 10.9 Å². The summed E-state index contributed by atoms with van der Waals surface area (Å²) in [7, 11) is 1.41. The van der Waals surface area contributed by atoms with Crippen LogP contribution in [0.2, 0.25) is 0 Å². The summed E-state index contributed by atoms with van der Waals surface area (Å²) in [6, 6.07) is 7.25. The molecule has 8 nitrogen and oxygen atoms in total. The predicted octanol–water partition coefficient (Wildman–Crippen LogP) is 0.134. The van der Waals surface area contributed by atoms with Crippen molar-refractivity contribution < 1.29 is 39.6 Å². The SMILES string of the molecule is O=C(O)c1ccc([B]c2ccc(C(=O)O)c(C(=O)O)c2)cc1C(=O)O. The van der Waals surface area contributed by atoms with Crippen molar-refractivity contribution >= 4 is 42.1 Å². The molecule has 0 aliphatic heterocycles. The van der Waals surface area contributed by atoms with Crippen LogP contribution in [-0.2, 0) is 0 Å². The van der Waals surface area contributed by atoms with Gasteiger partial charge in [-0.2, -0.15) is 0 Å². The van der Waals surface area contributed by atoms with E-state index in [1.54, 1.807) is 0 Å². The van der Waals surface area contributed by atoms with E-state index in [0.717, 1.165) is 24.3 Å². The molecule has 2 aromatic rings. The van der Waals surface area contributed by atoms with E-state index in [9.17, 15) is 19.2 Å². The Kier molecular flexibility index (Phi) is 4.88. The van der Waals surface area contributed by atoms with E-state index in [2.05, 4.69) is 0 Å². The fraction of sp³-hybridized carbons (Fsp3) is 0. The van der Waals surface area contributed by atoms with Gasteiger partial charge in [-0.25, -0.2) is 19.2 Å². The first-order chi connectivity index (χ1) is 11.7. The number of carboxylic acids is 4. The van der Waals surface area contributed by atoms with Gasteiger partial charge >= 0.3 is 23.9 Å². The van der Waals surface area contributed by atoms with Gasteiger partial charge in [-0.05, 0) is 12.1 Å². The monoisotopic (exact) mass is 341 g/mol. The largest absolute Gasteiger partial charge is 0.478 e. The average Bonchev–Trinajstić information content (AvgIpc) is 2.54. The van der Waals surface area contributed by atoms with Crippen LogP contribution in [-0.4, -0.2) is 51.6 Å². The van der Waals surface area contributed by atoms with E-state index in [1.165, 1.54) is 19.4 Å². The van der Waals surface area contributed by atoms with Crippen molar-refractivity contribution in [1.29, 1.82) is 0 Å². The van der Waals surface area contributed by atoms with Crippen molar-refractivity contribution in [1.82, 2.24) is 0 Å². The molecule has 0 saturated carbocycles. The second-order valence-electron chi connectivity index (χ2n) is 4.97. The Bertz CT molecular complexity index is 830. The summed E-state index contributed by atoms with van der Waals surface area (Å²) < 4.78 is 0. The highest BCUT2D eigenvalue weighted by molar-refractivity contribution is 6.67. The lowest BCUT2D eigenvalue weighted by Gasteiger charge is -2.07. The lowest BCUT2D eigenvalue weighted by Crippen LogP contribution is -2.29. The number of rotatable bonds is 6. The van der Waals surface area contributed by atoms with Crippen molar-refractivity contribution in [3.63, 3.8) is 0 Å². The molecular weight excluding hydrogens is 331 g/mol. The zero-order valence-corrected chi connectivity index (χ0v) is 12.5. The van der Waals surface area contributed by atoms with Gasteiger partial charge in [0.2, 0.25) is 0 Å². The molecule has 0 aromatic heterocycles. The number of hydrogen-bond acceptors (Lipinski definition) is 4. The van der Waals surface area contributed by atoms with Crippen LogP contribution in [0, 0.1) is 0 Å². The van der Waals surface area contributed by atoms with Gasteiger partial charge in [-0.1, -0.05) is 35.2 Å². The number of aromatic carboxylic acids is 4. The first-order valence-electron chi connectivity index (χ1n) is 6.76. The molecule has 0 unspecified atom stereocenters. The molecule has 2 rings (SSSR count). The predicted molar refractivity (Wildman–Crippen MR) is 85.7 cm³/mol. The first kappa shape index (κ1) is 17.7. The van der Waals surface area contributed by atoms with Crippen molar-refractivity contribution in [2.45, 2.75) is 0 Å². The number of benzene rings is 2.